The van der Waals surface area contributed by atoms with Crippen molar-refractivity contribution in [3.05, 3.63) is 57.3 Å². The molecular weight excluding hydrogens is 321 g/mol. The number of hydrogen-bond donors (Lipinski definition) is 1. The van der Waals surface area contributed by atoms with E-state index in [4.69, 9.17) is 22.1 Å². The third kappa shape index (κ3) is 2.94. The molecule has 0 unspecified atom stereocenters. The van der Waals surface area contributed by atoms with Crippen LogP contribution in [0.15, 0.2) is 40.9 Å². The van der Waals surface area contributed by atoms with Gasteiger partial charge in [0.2, 0.25) is 0 Å². The molecule has 2 rings (SSSR count). The maximum atomic E-state index is 13.3. The minimum Gasteiger partial charge on any atom is -0.488 e. The Balaban J connectivity index is 2.16. The van der Waals surface area contributed by atoms with E-state index < -0.39 is 5.82 Å². The summed E-state index contributed by atoms with van der Waals surface area (Å²) in [6, 6.07) is 10.1. The van der Waals surface area contributed by atoms with E-state index in [2.05, 4.69) is 15.9 Å². The van der Waals surface area contributed by atoms with Gasteiger partial charge in [-0.05, 0) is 28.1 Å². The number of nitrogen functional groups attached to an aromatic ring is 1. The Bertz CT molecular complexity index is 577. The van der Waals surface area contributed by atoms with E-state index >= 15 is 0 Å². The summed E-state index contributed by atoms with van der Waals surface area (Å²) in [5.41, 5.74) is 7.28. The van der Waals surface area contributed by atoms with E-state index in [-0.39, 0.29) is 11.6 Å². The Morgan fingerprint density at radius 2 is 2.00 bits per heavy atom. The summed E-state index contributed by atoms with van der Waals surface area (Å²) in [5, 5.41) is 0.0495. The number of rotatable bonds is 3. The molecule has 0 aromatic heterocycles. The highest BCUT2D eigenvalue weighted by atomic mass is 79.9. The number of nitrogens with two attached hydrogens (primary N) is 1. The first-order valence-electron chi connectivity index (χ1n) is 5.18. The minimum atomic E-state index is -0.518. The molecule has 2 aromatic carbocycles. The van der Waals surface area contributed by atoms with Gasteiger partial charge in [-0.2, -0.15) is 0 Å². The van der Waals surface area contributed by atoms with Crippen LogP contribution < -0.4 is 10.5 Å². The van der Waals surface area contributed by atoms with Crippen LogP contribution in [0.3, 0.4) is 0 Å². The fourth-order valence-electron chi connectivity index (χ4n) is 1.44. The molecule has 0 aliphatic heterocycles. The van der Waals surface area contributed by atoms with Crippen LogP contribution in [0.2, 0.25) is 5.02 Å². The second-order valence-corrected chi connectivity index (χ2v) is 4.95. The lowest BCUT2D eigenvalue weighted by Gasteiger charge is -2.10. The van der Waals surface area contributed by atoms with Gasteiger partial charge in [-0.3, -0.25) is 0 Å². The number of hydrogen-bond acceptors (Lipinski definition) is 2. The lowest BCUT2D eigenvalue weighted by Crippen LogP contribution is -2.00. The average molecular weight is 331 g/mol. The van der Waals surface area contributed by atoms with E-state index in [1.165, 1.54) is 12.1 Å². The van der Waals surface area contributed by atoms with Gasteiger partial charge in [0.25, 0.3) is 0 Å². The van der Waals surface area contributed by atoms with E-state index in [0.717, 1.165) is 5.56 Å². The predicted molar refractivity (Wildman–Crippen MR) is 74.3 cm³/mol. The van der Waals surface area contributed by atoms with E-state index in [0.29, 0.717) is 15.9 Å². The molecule has 2 N–H and O–H groups in total. The molecular formula is C13H10BrClFNO. The quantitative estimate of drug-likeness (QED) is 0.668. The Kier molecular flexibility index (Phi) is 4.09. The molecule has 0 aliphatic rings. The number of para-hydroxylation sites is 1. The Morgan fingerprint density at radius 3 is 2.72 bits per heavy atom. The van der Waals surface area contributed by atoms with Crippen molar-refractivity contribution in [3.63, 3.8) is 0 Å². The monoisotopic (exact) mass is 329 g/mol. The zero-order valence-electron chi connectivity index (χ0n) is 9.29. The first kappa shape index (κ1) is 13.2. The van der Waals surface area contributed by atoms with Crippen molar-refractivity contribution in [2.75, 3.05) is 5.73 Å². The Hall–Kier alpha value is -1.26. The normalized spacial score (nSPS) is 10.4. The van der Waals surface area contributed by atoms with Crippen molar-refractivity contribution in [3.8, 4) is 5.75 Å². The van der Waals surface area contributed by atoms with Gasteiger partial charge < -0.3 is 10.5 Å². The van der Waals surface area contributed by atoms with E-state index in [1.54, 1.807) is 6.07 Å². The maximum absolute atomic E-state index is 13.3. The van der Waals surface area contributed by atoms with Gasteiger partial charge >= 0.3 is 0 Å². The summed E-state index contributed by atoms with van der Waals surface area (Å²) in [4.78, 5) is 0. The Morgan fingerprint density at radius 1 is 1.28 bits per heavy atom. The first-order valence-corrected chi connectivity index (χ1v) is 6.35. The highest BCUT2D eigenvalue weighted by Gasteiger charge is 2.08. The van der Waals surface area contributed by atoms with Gasteiger partial charge in [-0.25, -0.2) is 4.39 Å². The molecule has 18 heavy (non-hydrogen) atoms. The fourth-order valence-corrected chi connectivity index (χ4v) is 2.19. The number of benzene rings is 2. The van der Waals surface area contributed by atoms with Crippen LogP contribution in [0.5, 0.6) is 5.75 Å². The standard InChI is InChI=1S/C13H10BrClFNO/c14-9-5-10(15)11(16)6-13(9)18-7-8-3-1-2-4-12(8)17/h1-6H,7,17H2. The van der Waals surface area contributed by atoms with Crippen LogP contribution in [-0.4, -0.2) is 0 Å². The summed E-state index contributed by atoms with van der Waals surface area (Å²) in [5.74, 6) is -0.129. The van der Waals surface area contributed by atoms with Crippen LogP contribution >= 0.6 is 27.5 Å². The average Bonchev–Trinajstić information content (AvgIpc) is 2.34. The first-order chi connectivity index (χ1) is 8.58. The molecule has 0 saturated carbocycles. The molecule has 0 aliphatic carbocycles. The topological polar surface area (TPSA) is 35.2 Å². The molecule has 2 aromatic rings. The molecule has 5 heteroatoms. The van der Waals surface area contributed by atoms with E-state index in [9.17, 15) is 4.39 Å². The highest BCUT2D eigenvalue weighted by Crippen LogP contribution is 2.31. The van der Waals surface area contributed by atoms with Gasteiger partial charge in [-0.15, -0.1) is 0 Å². The SMILES string of the molecule is Nc1ccccc1COc1cc(F)c(Cl)cc1Br. The summed E-state index contributed by atoms with van der Waals surface area (Å²) >= 11 is 8.91. The van der Waals surface area contributed by atoms with Crippen LogP contribution in [0.4, 0.5) is 10.1 Å². The molecule has 0 amide bonds. The molecule has 0 radical (unpaired) electrons. The van der Waals surface area contributed by atoms with Gasteiger partial charge in [0.15, 0.2) is 0 Å². The number of anilines is 1. The second-order valence-electron chi connectivity index (χ2n) is 3.68. The Labute approximate surface area is 118 Å². The van der Waals surface area contributed by atoms with Gasteiger partial charge in [0, 0.05) is 17.3 Å². The summed E-state index contributed by atoms with van der Waals surface area (Å²) in [6.07, 6.45) is 0. The largest absolute Gasteiger partial charge is 0.488 e. The summed E-state index contributed by atoms with van der Waals surface area (Å²) in [7, 11) is 0. The van der Waals surface area contributed by atoms with Crippen molar-refractivity contribution in [2.24, 2.45) is 0 Å². The summed E-state index contributed by atoms with van der Waals surface area (Å²) < 4.78 is 19.4. The molecule has 2 nitrogen and oxygen atoms in total. The second kappa shape index (κ2) is 5.59. The lowest BCUT2D eigenvalue weighted by molar-refractivity contribution is 0.303. The van der Waals surface area contributed by atoms with Crippen LogP contribution in [0.1, 0.15) is 5.56 Å². The fraction of sp³-hybridized carbons (Fsp3) is 0.0769. The summed E-state index contributed by atoms with van der Waals surface area (Å²) in [6.45, 7) is 0.270. The molecule has 0 spiro atoms. The molecule has 0 atom stereocenters. The third-order valence-electron chi connectivity index (χ3n) is 2.41. The van der Waals surface area contributed by atoms with Crippen molar-refractivity contribution in [1.29, 1.82) is 0 Å². The van der Waals surface area contributed by atoms with E-state index in [1.807, 2.05) is 18.2 Å². The van der Waals surface area contributed by atoms with Crippen molar-refractivity contribution < 1.29 is 9.13 Å². The van der Waals surface area contributed by atoms with Crippen LogP contribution in [0, 0.1) is 5.82 Å². The van der Waals surface area contributed by atoms with Gasteiger partial charge in [-0.1, -0.05) is 29.8 Å². The molecule has 0 fully saturated rings. The zero-order chi connectivity index (χ0) is 13.1. The highest BCUT2D eigenvalue weighted by molar-refractivity contribution is 9.10. The molecule has 0 heterocycles. The van der Waals surface area contributed by atoms with Gasteiger partial charge in [0.1, 0.15) is 18.2 Å². The molecule has 94 valence electrons. The van der Waals surface area contributed by atoms with Gasteiger partial charge in [0.05, 0.1) is 9.50 Å². The van der Waals surface area contributed by atoms with Crippen molar-refractivity contribution in [1.82, 2.24) is 0 Å². The lowest BCUT2D eigenvalue weighted by atomic mass is 10.2. The number of halogens is 3. The predicted octanol–water partition coefficient (Wildman–Crippen LogP) is 4.40. The maximum Gasteiger partial charge on any atom is 0.145 e. The van der Waals surface area contributed by atoms with Crippen molar-refractivity contribution >= 4 is 33.2 Å². The third-order valence-corrected chi connectivity index (χ3v) is 3.32. The molecule has 0 bridgehead atoms. The smallest absolute Gasteiger partial charge is 0.145 e. The molecule has 0 saturated heterocycles. The minimum absolute atomic E-state index is 0.0495. The van der Waals surface area contributed by atoms with Crippen LogP contribution in [0.25, 0.3) is 0 Å². The van der Waals surface area contributed by atoms with Crippen molar-refractivity contribution in [2.45, 2.75) is 6.61 Å². The number of ether oxygens (including phenoxy) is 1. The zero-order valence-corrected chi connectivity index (χ0v) is 11.6. The van der Waals surface area contributed by atoms with Crippen LogP contribution in [-0.2, 0) is 6.61 Å².